The van der Waals surface area contributed by atoms with Crippen molar-refractivity contribution in [3.63, 3.8) is 0 Å². The molecule has 1 aliphatic heterocycles. The van der Waals surface area contributed by atoms with Gasteiger partial charge >= 0.3 is 6.09 Å². The molecule has 0 aromatic heterocycles. The number of aromatic hydroxyl groups is 1. The van der Waals surface area contributed by atoms with Crippen LogP contribution in [0.25, 0.3) is 0 Å². The van der Waals surface area contributed by atoms with Crippen LogP contribution in [0.4, 0.5) is 4.79 Å². The van der Waals surface area contributed by atoms with Crippen LogP contribution < -0.4 is 5.32 Å². The standard InChI is InChI=1S/C10H11NO3/c12-9-4-2-1-3-7(9)8-5-6-14-10(13)11-8/h1-4,8,12H,5-6H2,(H,11,13)/t8-/m0/s1. The van der Waals surface area contributed by atoms with Crippen molar-refractivity contribution in [3.05, 3.63) is 29.8 Å². The zero-order valence-electron chi connectivity index (χ0n) is 7.56. The molecule has 1 aromatic rings. The second-order valence-electron chi connectivity index (χ2n) is 3.18. The molecule has 4 heteroatoms. The van der Waals surface area contributed by atoms with Gasteiger partial charge in [0.1, 0.15) is 5.75 Å². The third kappa shape index (κ3) is 1.64. The Labute approximate surface area is 81.5 Å². The van der Waals surface area contributed by atoms with Gasteiger partial charge < -0.3 is 15.2 Å². The molecule has 74 valence electrons. The summed E-state index contributed by atoms with van der Waals surface area (Å²) in [6.45, 7) is 0.394. The lowest BCUT2D eigenvalue weighted by Gasteiger charge is -2.24. The van der Waals surface area contributed by atoms with Gasteiger partial charge in [0.2, 0.25) is 0 Å². The third-order valence-electron chi connectivity index (χ3n) is 2.24. The van der Waals surface area contributed by atoms with E-state index in [4.69, 9.17) is 4.74 Å². The first-order chi connectivity index (χ1) is 6.77. The van der Waals surface area contributed by atoms with Gasteiger partial charge in [0.15, 0.2) is 0 Å². The van der Waals surface area contributed by atoms with E-state index in [-0.39, 0.29) is 11.8 Å². The van der Waals surface area contributed by atoms with Crippen LogP contribution in [0.3, 0.4) is 0 Å². The number of para-hydroxylation sites is 1. The minimum absolute atomic E-state index is 0.141. The van der Waals surface area contributed by atoms with E-state index in [0.717, 1.165) is 5.56 Å². The Morgan fingerprint density at radius 2 is 2.21 bits per heavy atom. The van der Waals surface area contributed by atoms with Gasteiger partial charge in [-0.1, -0.05) is 18.2 Å². The lowest BCUT2D eigenvalue weighted by atomic mass is 10.0. The molecule has 2 rings (SSSR count). The molecular formula is C10H11NO3. The number of nitrogens with one attached hydrogen (secondary N) is 1. The monoisotopic (exact) mass is 193 g/mol. The van der Waals surface area contributed by atoms with Crippen LogP contribution in [0.5, 0.6) is 5.75 Å². The Morgan fingerprint density at radius 1 is 1.43 bits per heavy atom. The minimum atomic E-state index is -0.426. The number of ether oxygens (including phenoxy) is 1. The van der Waals surface area contributed by atoms with Gasteiger partial charge in [-0.05, 0) is 6.07 Å². The largest absolute Gasteiger partial charge is 0.508 e. The summed E-state index contributed by atoms with van der Waals surface area (Å²) in [5.41, 5.74) is 0.740. The summed E-state index contributed by atoms with van der Waals surface area (Å²) in [6, 6.07) is 6.84. The molecule has 1 atom stereocenters. The third-order valence-corrected chi connectivity index (χ3v) is 2.24. The summed E-state index contributed by atoms with van der Waals surface area (Å²) < 4.78 is 4.74. The van der Waals surface area contributed by atoms with Crippen molar-refractivity contribution in [1.82, 2.24) is 5.32 Å². The van der Waals surface area contributed by atoms with Crippen LogP contribution in [0.15, 0.2) is 24.3 Å². The lowest BCUT2D eigenvalue weighted by molar-refractivity contribution is 0.115. The van der Waals surface area contributed by atoms with Crippen molar-refractivity contribution >= 4 is 6.09 Å². The number of alkyl carbamates (subject to hydrolysis) is 1. The Balaban J connectivity index is 2.22. The molecule has 0 radical (unpaired) electrons. The first-order valence-electron chi connectivity index (χ1n) is 4.48. The molecule has 1 amide bonds. The van der Waals surface area contributed by atoms with E-state index >= 15 is 0 Å². The van der Waals surface area contributed by atoms with Crippen LogP contribution in [0.2, 0.25) is 0 Å². The molecule has 0 bridgehead atoms. The van der Waals surface area contributed by atoms with Crippen LogP contribution in [0.1, 0.15) is 18.0 Å². The number of hydrogen-bond acceptors (Lipinski definition) is 3. The second-order valence-corrected chi connectivity index (χ2v) is 3.18. The van der Waals surface area contributed by atoms with Gasteiger partial charge in [-0.15, -0.1) is 0 Å². The summed E-state index contributed by atoms with van der Waals surface area (Å²) in [5.74, 6) is 0.208. The molecule has 1 fully saturated rings. The highest BCUT2D eigenvalue weighted by Gasteiger charge is 2.22. The van der Waals surface area contributed by atoms with E-state index in [1.807, 2.05) is 6.07 Å². The summed E-state index contributed by atoms with van der Waals surface area (Å²) in [5, 5.41) is 12.2. The highest BCUT2D eigenvalue weighted by molar-refractivity contribution is 5.68. The molecule has 0 unspecified atom stereocenters. The van der Waals surface area contributed by atoms with Gasteiger partial charge in [-0.25, -0.2) is 4.79 Å². The number of hydrogen-bond donors (Lipinski definition) is 2. The molecule has 14 heavy (non-hydrogen) atoms. The molecule has 0 aliphatic carbocycles. The van der Waals surface area contributed by atoms with Gasteiger partial charge in [0.05, 0.1) is 12.6 Å². The molecule has 2 N–H and O–H groups in total. The first kappa shape index (κ1) is 8.87. The second kappa shape index (κ2) is 3.57. The fourth-order valence-corrected chi connectivity index (χ4v) is 1.54. The summed E-state index contributed by atoms with van der Waals surface area (Å²) in [6.07, 6.45) is 0.257. The van der Waals surface area contributed by atoms with Crippen molar-refractivity contribution in [2.24, 2.45) is 0 Å². The van der Waals surface area contributed by atoms with Crippen molar-refractivity contribution in [2.45, 2.75) is 12.5 Å². The Kier molecular flexibility index (Phi) is 2.26. The topological polar surface area (TPSA) is 58.6 Å². The van der Waals surface area contributed by atoms with E-state index in [1.165, 1.54) is 0 Å². The van der Waals surface area contributed by atoms with Gasteiger partial charge in [-0.2, -0.15) is 0 Å². The van der Waals surface area contributed by atoms with Crippen molar-refractivity contribution in [1.29, 1.82) is 0 Å². The van der Waals surface area contributed by atoms with Crippen LogP contribution in [0, 0.1) is 0 Å². The number of cyclic esters (lactones) is 1. The number of phenolic OH excluding ortho intramolecular Hbond substituents is 1. The number of amides is 1. The van der Waals surface area contributed by atoms with Crippen LogP contribution >= 0.6 is 0 Å². The Hall–Kier alpha value is -1.71. The maximum Gasteiger partial charge on any atom is 0.407 e. The van der Waals surface area contributed by atoms with E-state index < -0.39 is 6.09 Å². The number of rotatable bonds is 1. The predicted molar refractivity (Wildman–Crippen MR) is 49.9 cm³/mol. The summed E-state index contributed by atoms with van der Waals surface area (Å²) >= 11 is 0. The zero-order chi connectivity index (χ0) is 9.97. The molecular weight excluding hydrogens is 182 g/mol. The quantitative estimate of drug-likeness (QED) is 0.711. The highest BCUT2D eigenvalue weighted by Crippen LogP contribution is 2.27. The number of carbonyl (C=O) groups excluding carboxylic acids is 1. The molecule has 1 heterocycles. The van der Waals surface area contributed by atoms with Crippen molar-refractivity contribution in [2.75, 3.05) is 6.61 Å². The molecule has 1 aromatic carbocycles. The van der Waals surface area contributed by atoms with Crippen molar-refractivity contribution in [3.8, 4) is 5.75 Å². The normalized spacial score (nSPS) is 21.1. The van der Waals surface area contributed by atoms with E-state index in [1.54, 1.807) is 18.2 Å². The summed E-state index contributed by atoms with van der Waals surface area (Å²) in [4.78, 5) is 10.9. The number of benzene rings is 1. The predicted octanol–water partition coefficient (Wildman–Crippen LogP) is 1.56. The van der Waals surface area contributed by atoms with Gasteiger partial charge in [0, 0.05) is 12.0 Å². The SMILES string of the molecule is O=C1N[C@H](c2ccccc2O)CCO1. The van der Waals surface area contributed by atoms with Crippen LogP contribution in [-0.2, 0) is 4.74 Å². The molecule has 4 nitrogen and oxygen atoms in total. The number of carbonyl (C=O) groups is 1. The average molecular weight is 193 g/mol. The van der Waals surface area contributed by atoms with E-state index in [2.05, 4.69) is 5.32 Å². The van der Waals surface area contributed by atoms with Gasteiger partial charge in [0.25, 0.3) is 0 Å². The Morgan fingerprint density at radius 3 is 2.93 bits per heavy atom. The zero-order valence-corrected chi connectivity index (χ0v) is 7.56. The fourth-order valence-electron chi connectivity index (χ4n) is 1.54. The molecule has 0 spiro atoms. The van der Waals surface area contributed by atoms with E-state index in [9.17, 15) is 9.90 Å². The number of phenols is 1. The molecule has 1 aliphatic rings. The maximum atomic E-state index is 10.9. The highest BCUT2D eigenvalue weighted by atomic mass is 16.5. The smallest absolute Gasteiger partial charge is 0.407 e. The van der Waals surface area contributed by atoms with Crippen molar-refractivity contribution < 1.29 is 14.6 Å². The maximum absolute atomic E-state index is 10.9. The summed E-state index contributed by atoms with van der Waals surface area (Å²) in [7, 11) is 0. The molecule has 0 saturated carbocycles. The fraction of sp³-hybridized carbons (Fsp3) is 0.300. The average Bonchev–Trinajstić information content (AvgIpc) is 2.18. The van der Waals surface area contributed by atoms with E-state index in [0.29, 0.717) is 13.0 Å². The van der Waals surface area contributed by atoms with Crippen LogP contribution in [-0.4, -0.2) is 17.8 Å². The minimum Gasteiger partial charge on any atom is -0.508 e. The van der Waals surface area contributed by atoms with Gasteiger partial charge in [-0.3, -0.25) is 0 Å². The molecule has 1 saturated heterocycles. The lowest BCUT2D eigenvalue weighted by Crippen LogP contribution is -2.35. The first-order valence-corrected chi connectivity index (χ1v) is 4.48. The Bertz CT molecular complexity index is 351.